The lowest BCUT2D eigenvalue weighted by atomic mass is 9.89. The molecule has 4 rings (SSSR count). The van der Waals surface area contributed by atoms with E-state index in [2.05, 4.69) is 46.3 Å². The molecule has 2 aliphatic heterocycles. The Hall–Kier alpha value is -1.88. The van der Waals surface area contributed by atoms with Crippen molar-refractivity contribution in [3.05, 3.63) is 64.8 Å². The van der Waals surface area contributed by atoms with Crippen LogP contribution in [0.1, 0.15) is 17.5 Å². The van der Waals surface area contributed by atoms with Crippen LogP contribution in [-0.2, 0) is 11.3 Å². The van der Waals surface area contributed by atoms with Gasteiger partial charge in [0.15, 0.2) is 0 Å². The molecule has 1 aromatic carbocycles. The number of hydrogen-bond acceptors (Lipinski definition) is 4. The Kier molecular flexibility index (Phi) is 4.75. The number of fused-ring (bicyclic) bond motifs is 2. The lowest BCUT2D eigenvalue weighted by Gasteiger charge is -2.45. The summed E-state index contributed by atoms with van der Waals surface area (Å²) in [5.74, 6) is 0.591. The molecular weight excluding hydrogens is 336 g/mol. The number of morpholine rings is 1. The van der Waals surface area contributed by atoms with E-state index in [1.807, 2.05) is 6.07 Å². The van der Waals surface area contributed by atoms with Crippen molar-refractivity contribution >= 4 is 17.2 Å². The second-order valence-electron chi connectivity index (χ2n) is 6.52. The number of benzene rings is 1. The maximum atomic E-state index is 6.41. The van der Waals surface area contributed by atoms with Crippen molar-refractivity contribution in [2.75, 3.05) is 20.3 Å². The summed E-state index contributed by atoms with van der Waals surface area (Å²) in [4.78, 5) is 6.72. The van der Waals surface area contributed by atoms with Gasteiger partial charge in [-0.25, -0.2) is 4.98 Å². The van der Waals surface area contributed by atoms with Crippen LogP contribution in [0.25, 0.3) is 5.57 Å². The van der Waals surface area contributed by atoms with E-state index in [9.17, 15) is 0 Å². The smallest absolute Gasteiger partial charge is 0.213 e. The van der Waals surface area contributed by atoms with Crippen molar-refractivity contribution in [2.45, 2.75) is 25.0 Å². The fourth-order valence-electron chi connectivity index (χ4n) is 3.68. The van der Waals surface area contributed by atoms with Gasteiger partial charge in [0.1, 0.15) is 0 Å². The molecule has 5 heteroatoms. The van der Waals surface area contributed by atoms with Crippen LogP contribution in [0.2, 0.25) is 5.02 Å². The maximum absolute atomic E-state index is 6.41. The van der Waals surface area contributed by atoms with Crippen LogP contribution in [-0.4, -0.2) is 42.3 Å². The Morgan fingerprint density at radius 1 is 1.28 bits per heavy atom. The van der Waals surface area contributed by atoms with Crippen LogP contribution in [0.4, 0.5) is 0 Å². The molecule has 2 atom stereocenters. The minimum absolute atomic E-state index is 0.262. The third kappa shape index (κ3) is 3.43. The molecule has 2 bridgehead atoms. The summed E-state index contributed by atoms with van der Waals surface area (Å²) < 4.78 is 11.1. The normalized spacial score (nSPS) is 23.2. The minimum Gasteiger partial charge on any atom is -0.481 e. The van der Waals surface area contributed by atoms with E-state index in [1.54, 1.807) is 13.3 Å². The quantitative estimate of drug-likeness (QED) is 0.834. The molecule has 0 saturated carbocycles. The zero-order valence-electron chi connectivity index (χ0n) is 14.2. The van der Waals surface area contributed by atoms with Gasteiger partial charge in [-0.15, -0.1) is 0 Å². The second kappa shape index (κ2) is 7.16. The standard InChI is InChI=1S/C20H21ClN2O2/c1-24-20-9-18(19(21)10-22-20)15-7-16-12-25-13-17(8-15)23(16)11-14-5-3-2-4-6-14/h2-7,9-10,16-17H,8,11-13H2,1H3. The highest BCUT2D eigenvalue weighted by molar-refractivity contribution is 6.32. The molecule has 130 valence electrons. The lowest BCUT2D eigenvalue weighted by molar-refractivity contribution is -0.0402. The summed E-state index contributed by atoms with van der Waals surface area (Å²) >= 11 is 6.41. The largest absolute Gasteiger partial charge is 0.481 e. The Morgan fingerprint density at radius 2 is 2.12 bits per heavy atom. The highest BCUT2D eigenvalue weighted by Crippen LogP contribution is 2.36. The molecule has 0 aliphatic carbocycles. The SMILES string of the molecule is COc1cc(C2=CC3COCC(C2)N3Cc2ccccc2)c(Cl)cn1. The molecule has 2 aliphatic rings. The number of halogens is 1. The van der Waals surface area contributed by atoms with Gasteiger partial charge in [-0.05, 0) is 17.6 Å². The van der Waals surface area contributed by atoms with Crippen LogP contribution in [0, 0.1) is 0 Å². The van der Waals surface area contributed by atoms with Crippen LogP contribution in [0.5, 0.6) is 5.88 Å². The van der Waals surface area contributed by atoms with Gasteiger partial charge in [-0.3, -0.25) is 4.90 Å². The van der Waals surface area contributed by atoms with Gasteiger partial charge in [0.25, 0.3) is 0 Å². The first-order chi connectivity index (χ1) is 12.2. The minimum atomic E-state index is 0.262. The summed E-state index contributed by atoms with van der Waals surface area (Å²) in [5, 5.41) is 0.669. The molecular formula is C20H21ClN2O2. The fourth-order valence-corrected chi connectivity index (χ4v) is 3.90. The number of rotatable bonds is 4. The first-order valence-corrected chi connectivity index (χ1v) is 8.90. The fraction of sp³-hybridized carbons (Fsp3) is 0.350. The summed E-state index contributed by atoms with van der Waals surface area (Å²) in [6.07, 6.45) is 4.87. The molecule has 0 spiro atoms. The van der Waals surface area contributed by atoms with E-state index in [4.69, 9.17) is 21.1 Å². The molecule has 0 radical (unpaired) electrons. The van der Waals surface area contributed by atoms with Crippen molar-refractivity contribution < 1.29 is 9.47 Å². The predicted octanol–water partition coefficient (Wildman–Crippen LogP) is 3.80. The first-order valence-electron chi connectivity index (χ1n) is 8.52. The average Bonchev–Trinajstić information content (AvgIpc) is 2.63. The van der Waals surface area contributed by atoms with Crippen molar-refractivity contribution in [2.24, 2.45) is 0 Å². The zero-order valence-corrected chi connectivity index (χ0v) is 14.9. The molecule has 4 nitrogen and oxygen atoms in total. The monoisotopic (exact) mass is 356 g/mol. The third-order valence-electron chi connectivity index (χ3n) is 4.94. The average molecular weight is 357 g/mol. The van der Waals surface area contributed by atoms with Gasteiger partial charge in [0, 0.05) is 24.2 Å². The first kappa shape index (κ1) is 16.6. The third-order valence-corrected chi connectivity index (χ3v) is 5.24. The van der Waals surface area contributed by atoms with Gasteiger partial charge >= 0.3 is 0 Å². The van der Waals surface area contributed by atoms with Gasteiger partial charge in [0.05, 0.1) is 37.6 Å². The van der Waals surface area contributed by atoms with Crippen LogP contribution >= 0.6 is 11.6 Å². The number of aromatic nitrogens is 1. The lowest BCUT2D eigenvalue weighted by Crippen LogP contribution is -2.53. The number of hydrogen-bond donors (Lipinski definition) is 0. The number of pyridine rings is 1. The van der Waals surface area contributed by atoms with E-state index < -0.39 is 0 Å². The molecule has 2 unspecified atom stereocenters. The molecule has 2 aromatic rings. The molecule has 25 heavy (non-hydrogen) atoms. The molecule has 3 heterocycles. The number of methoxy groups -OCH3 is 1. The van der Waals surface area contributed by atoms with Crippen LogP contribution in [0.3, 0.4) is 0 Å². The van der Waals surface area contributed by atoms with Gasteiger partial charge < -0.3 is 9.47 Å². The number of ether oxygens (including phenoxy) is 2. The van der Waals surface area contributed by atoms with Crippen LogP contribution < -0.4 is 4.74 Å². The molecule has 1 saturated heterocycles. The zero-order chi connectivity index (χ0) is 17.2. The Balaban J connectivity index is 1.63. The highest BCUT2D eigenvalue weighted by atomic mass is 35.5. The van der Waals surface area contributed by atoms with Crippen molar-refractivity contribution in [3.8, 4) is 5.88 Å². The van der Waals surface area contributed by atoms with E-state index in [0.717, 1.165) is 25.1 Å². The summed E-state index contributed by atoms with van der Waals surface area (Å²) in [5.41, 5.74) is 3.61. The molecule has 1 fully saturated rings. The Morgan fingerprint density at radius 3 is 2.88 bits per heavy atom. The second-order valence-corrected chi connectivity index (χ2v) is 6.93. The molecule has 0 amide bonds. The number of nitrogens with zero attached hydrogens (tertiary/aromatic N) is 2. The summed E-state index contributed by atoms with van der Waals surface area (Å²) in [6, 6.07) is 13.2. The molecule has 0 N–H and O–H groups in total. The van der Waals surface area contributed by atoms with Gasteiger partial charge in [0.2, 0.25) is 5.88 Å². The summed E-state index contributed by atoms with van der Waals surface area (Å²) in [6.45, 7) is 2.41. The van der Waals surface area contributed by atoms with E-state index in [-0.39, 0.29) is 6.04 Å². The summed E-state index contributed by atoms with van der Waals surface area (Å²) in [7, 11) is 1.62. The Labute approximate surface area is 153 Å². The van der Waals surface area contributed by atoms with E-state index in [0.29, 0.717) is 23.6 Å². The van der Waals surface area contributed by atoms with Crippen LogP contribution in [0.15, 0.2) is 48.7 Å². The maximum Gasteiger partial charge on any atom is 0.213 e. The van der Waals surface area contributed by atoms with E-state index in [1.165, 1.54) is 11.1 Å². The van der Waals surface area contributed by atoms with Gasteiger partial charge in [-0.2, -0.15) is 0 Å². The van der Waals surface area contributed by atoms with E-state index >= 15 is 0 Å². The van der Waals surface area contributed by atoms with Crippen molar-refractivity contribution in [3.63, 3.8) is 0 Å². The van der Waals surface area contributed by atoms with Crippen molar-refractivity contribution in [1.29, 1.82) is 0 Å². The van der Waals surface area contributed by atoms with Crippen molar-refractivity contribution in [1.82, 2.24) is 9.88 Å². The van der Waals surface area contributed by atoms with Gasteiger partial charge in [-0.1, -0.05) is 48.0 Å². The molecule has 1 aromatic heterocycles. The topological polar surface area (TPSA) is 34.6 Å². The Bertz CT molecular complexity index is 779. The highest BCUT2D eigenvalue weighted by Gasteiger charge is 2.35. The predicted molar refractivity (Wildman–Crippen MR) is 98.8 cm³/mol.